The van der Waals surface area contributed by atoms with Crippen LogP contribution in [0.25, 0.3) is 10.9 Å². The number of fused-ring (bicyclic) bond motifs is 1. The van der Waals surface area contributed by atoms with Gasteiger partial charge in [0.05, 0.1) is 5.52 Å². The van der Waals surface area contributed by atoms with E-state index in [2.05, 4.69) is 42.1 Å². The molecule has 0 spiro atoms. The Hall–Kier alpha value is -0.990. The number of aryl methyl sites for hydroxylation is 1. The van der Waals surface area contributed by atoms with E-state index < -0.39 is 0 Å². The van der Waals surface area contributed by atoms with Crippen molar-refractivity contribution in [3.63, 3.8) is 0 Å². The van der Waals surface area contributed by atoms with Crippen LogP contribution in [0.3, 0.4) is 0 Å². The maximum Gasteiger partial charge on any atom is 0.0500 e. The minimum Gasteiger partial charge on any atom is -0.345 e. The number of halogens is 1. The van der Waals surface area contributed by atoms with Crippen LogP contribution < -0.4 is 5.32 Å². The van der Waals surface area contributed by atoms with Gasteiger partial charge in [0.15, 0.2) is 0 Å². The van der Waals surface area contributed by atoms with E-state index in [0.717, 1.165) is 24.4 Å². The standard InChI is InChI=1S/C15H21ClN2/c1-11(2)18-10-12(5-4-8-17-3)14-7-6-13(16)9-15(14)18/h6-7,9-11,17H,4-5,8H2,1-3H3. The molecular formula is C15H21ClN2. The molecule has 1 aromatic heterocycles. The fourth-order valence-electron chi connectivity index (χ4n) is 2.38. The molecule has 1 N–H and O–H groups in total. The van der Waals surface area contributed by atoms with Crippen molar-refractivity contribution < 1.29 is 0 Å². The topological polar surface area (TPSA) is 17.0 Å². The molecule has 98 valence electrons. The Morgan fingerprint density at radius 3 is 2.78 bits per heavy atom. The van der Waals surface area contributed by atoms with Gasteiger partial charge in [-0.05, 0) is 58.0 Å². The van der Waals surface area contributed by atoms with Crippen molar-refractivity contribution in [3.8, 4) is 0 Å². The highest BCUT2D eigenvalue weighted by atomic mass is 35.5. The van der Waals surface area contributed by atoms with Gasteiger partial charge in [0.1, 0.15) is 0 Å². The molecule has 0 fully saturated rings. The maximum absolute atomic E-state index is 6.11. The predicted octanol–water partition coefficient (Wildman–Crippen LogP) is 4.03. The van der Waals surface area contributed by atoms with Gasteiger partial charge in [-0.1, -0.05) is 17.7 Å². The highest BCUT2D eigenvalue weighted by Gasteiger charge is 2.10. The molecule has 0 saturated heterocycles. The molecule has 0 saturated carbocycles. The van der Waals surface area contributed by atoms with Crippen molar-refractivity contribution in [1.29, 1.82) is 0 Å². The van der Waals surface area contributed by atoms with E-state index in [9.17, 15) is 0 Å². The van der Waals surface area contributed by atoms with Crippen molar-refractivity contribution in [2.45, 2.75) is 32.7 Å². The number of aromatic nitrogens is 1. The Labute approximate surface area is 114 Å². The zero-order valence-electron chi connectivity index (χ0n) is 11.3. The lowest BCUT2D eigenvalue weighted by Gasteiger charge is -2.08. The summed E-state index contributed by atoms with van der Waals surface area (Å²) in [5.74, 6) is 0. The van der Waals surface area contributed by atoms with E-state index >= 15 is 0 Å². The molecule has 1 aromatic carbocycles. The number of hydrogen-bond donors (Lipinski definition) is 1. The van der Waals surface area contributed by atoms with E-state index in [0.29, 0.717) is 6.04 Å². The highest BCUT2D eigenvalue weighted by Crippen LogP contribution is 2.28. The molecule has 0 amide bonds. The fourth-order valence-corrected chi connectivity index (χ4v) is 2.55. The monoisotopic (exact) mass is 264 g/mol. The minimum atomic E-state index is 0.462. The fraction of sp³-hybridized carbons (Fsp3) is 0.467. The van der Waals surface area contributed by atoms with Crippen LogP contribution in [-0.4, -0.2) is 18.2 Å². The van der Waals surface area contributed by atoms with E-state index in [1.54, 1.807) is 0 Å². The van der Waals surface area contributed by atoms with Gasteiger partial charge in [-0.3, -0.25) is 0 Å². The van der Waals surface area contributed by atoms with E-state index in [1.807, 2.05) is 13.1 Å². The van der Waals surface area contributed by atoms with Crippen LogP contribution in [0, 0.1) is 0 Å². The lowest BCUT2D eigenvalue weighted by molar-refractivity contribution is 0.619. The minimum absolute atomic E-state index is 0.462. The summed E-state index contributed by atoms with van der Waals surface area (Å²) < 4.78 is 2.32. The second-order valence-electron chi connectivity index (χ2n) is 5.02. The van der Waals surface area contributed by atoms with Crippen LogP contribution in [0.2, 0.25) is 5.02 Å². The Bertz CT molecular complexity index is 529. The molecule has 0 bridgehead atoms. The Balaban J connectivity index is 2.41. The smallest absolute Gasteiger partial charge is 0.0500 e. The van der Waals surface area contributed by atoms with Crippen molar-refractivity contribution >= 4 is 22.5 Å². The van der Waals surface area contributed by atoms with Gasteiger partial charge in [0.25, 0.3) is 0 Å². The molecule has 0 unspecified atom stereocenters. The first-order chi connectivity index (χ1) is 8.63. The Kier molecular flexibility index (Phi) is 4.31. The van der Waals surface area contributed by atoms with Crippen LogP contribution in [-0.2, 0) is 6.42 Å². The summed E-state index contributed by atoms with van der Waals surface area (Å²) in [5, 5.41) is 5.34. The molecule has 0 radical (unpaired) electrons. The largest absolute Gasteiger partial charge is 0.345 e. The van der Waals surface area contributed by atoms with Crippen molar-refractivity contribution in [3.05, 3.63) is 35.0 Å². The molecule has 0 aliphatic heterocycles. The molecule has 3 heteroatoms. The van der Waals surface area contributed by atoms with Gasteiger partial charge in [-0.2, -0.15) is 0 Å². The van der Waals surface area contributed by atoms with Gasteiger partial charge in [-0.25, -0.2) is 0 Å². The maximum atomic E-state index is 6.11. The van der Waals surface area contributed by atoms with Crippen LogP contribution in [0.5, 0.6) is 0 Å². The second-order valence-corrected chi connectivity index (χ2v) is 5.46. The molecule has 0 aliphatic carbocycles. The molecule has 2 aromatic rings. The Morgan fingerprint density at radius 1 is 1.33 bits per heavy atom. The predicted molar refractivity (Wildman–Crippen MR) is 79.6 cm³/mol. The zero-order valence-corrected chi connectivity index (χ0v) is 12.1. The number of rotatable bonds is 5. The molecule has 0 atom stereocenters. The van der Waals surface area contributed by atoms with Crippen LogP contribution in [0.15, 0.2) is 24.4 Å². The van der Waals surface area contributed by atoms with Crippen LogP contribution in [0.1, 0.15) is 31.9 Å². The molecule has 1 heterocycles. The first kappa shape index (κ1) is 13.4. The summed E-state index contributed by atoms with van der Waals surface area (Å²) in [6.45, 7) is 5.47. The lowest BCUT2D eigenvalue weighted by atomic mass is 10.1. The number of hydrogen-bond acceptors (Lipinski definition) is 1. The summed E-state index contributed by atoms with van der Waals surface area (Å²) >= 11 is 6.11. The van der Waals surface area contributed by atoms with Crippen LogP contribution in [0.4, 0.5) is 0 Å². The van der Waals surface area contributed by atoms with Crippen molar-refractivity contribution in [2.24, 2.45) is 0 Å². The van der Waals surface area contributed by atoms with Crippen molar-refractivity contribution in [1.82, 2.24) is 9.88 Å². The average molecular weight is 265 g/mol. The van der Waals surface area contributed by atoms with Crippen molar-refractivity contribution in [2.75, 3.05) is 13.6 Å². The summed E-state index contributed by atoms with van der Waals surface area (Å²) in [6.07, 6.45) is 4.55. The Morgan fingerprint density at radius 2 is 2.11 bits per heavy atom. The third-order valence-electron chi connectivity index (χ3n) is 3.31. The number of nitrogens with zero attached hydrogens (tertiary/aromatic N) is 1. The van der Waals surface area contributed by atoms with E-state index in [1.165, 1.54) is 16.5 Å². The first-order valence-corrected chi connectivity index (χ1v) is 6.95. The number of nitrogens with one attached hydrogen (secondary N) is 1. The number of benzene rings is 1. The molecule has 2 nitrogen and oxygen atoms in total. The molecule has 2 rings (SSSR count). The van der Waals surface area contributed by atoms with Gasteiger partial charge in [0.2, 0.25) is 0 Å². The third-order valence-corrected chi connectivity index (χ3v) is 3.54. The normalized spacial score (nSPS) is 11.6. The quantitative estimate of drug-likeness (QED) is 0.807. The zero-order chi connectivity index (χ0) is 13.1. The lowest BCUT2D eigenvalue weighted by Crippen LogP contribution is -2.08. The molecule has 18 heavy (non-hydrogen) atoms. The summed E-state index contributed by atoms with van der Waals surface area (Å²) in [4.78, 5) is 0. The summed E-state index contributed by atoms with van der Waals surface area (Å²) in [5.41, 5.74) is 2.67. The van der Waals surface area contributed by atoms with Gasteiger partial charge in [-0.15, -0.1) is 0 Å². The third kappa shape index (κ3) is 2.70. The second kappa shape index (κ2) is 5.77. The SMILES string of the molecule is CNCCCc1cn(C(C)C)c2cc(Cl)ccc12. The van der Waals surface area contributed by atoms with Gasteiger partial charge < -0.3 is 9.88 Å². The molecule has 0 aliphatic rings. The average Bonchev–Trinajstić information content (AvgIpc) is 2.68. The summed E-state index contributed by atoms with van der Waals surface area (Å²) in [6, 6.07) is 6.66. The van der Waals surface area contributed by atoms with E-state index in [4.69, 9.17) is 11.6 Å². The summed E-state index contributed by atoms with van der Waals surface area (Å²) in [7, 11) is 2.00. The van der Waals surface area contributed by atoms with Gasteiger partial charge >= 0.3 is 0 Å². The highest BCUT2D eigenvalue weighted by molar-refractivity contribution is 6.31. The van der Waals surface area contributed by atoms with Crippen LogP contribution >= 0.6 is 11.6 Å². The first-order valence-electron chi connectivity index (χ1n) is 6.57. The molecular weight excluding hydrogens is 244 g/mol. The van der Waals surface area contributed by atoms with E-state index in [-0.39, 0.29) is 0 Å². The van der Waals surface area contributed by atoms with Gasteiger partial charge in [0, 0.05) is 22.6 Å².